The van der Waals surface area contributed by atoms with Crippen LogP contribution in [-0.2, 0) is 34.3 Å². The van der Waals surface area contributed by atoms with Crippen molar-refractivity contribution in [1.82, 2.24) is 24.0 Å². The van der Waals surface area contributed by atoms with Crippen LogP contribution in [0.2, 0.25) is 0 Å². The second-order valence-electron chi connectivity index (χ2n) is 8.69. The molecule has 8 nitrogen and oxygen atoms in total. The second-order valence-corrected chi connectivity index (χ2v) is 11.2. The van der Waals surface area contributed by atoms with Crippen LogP contribution in [-0.4, -0.2) is 63.2 Å². The minimum Gasteiger partial charge on any atom is -0.333 e. The van der Waals surface area contributed by atoms with Gasteiger partial charge in [-0.3, -0.25) is 4.79 Å². The molecule has 0 atom stereocenters. The van der Waals surface area contributed by atoms with Gasteiger partial charge in [-0.2, -0.15) is 0 Å². The quantitative estimate of drug-likeness (QED) is 0.680. The molecule has 1 fully saturated rings. The lowest BCUT2D eigenvalue weighted by Gasteiger charge is -2.33. The third-order valence-corrected chi connectivity index (χ3v) is 8.66. The molecular weight excluding hydrogens is 414 g/mol. The van der Waals surface area contributed by atoms with Crippen molar-refractivity contribution in [3.63, 3.8) is 0 Å². The fourth-order valence-corrected chi connectivity index (χ4v) is 5.73. The summed E-state index contributed by atoms with van der Waals surface area (Å²) in [6, 6.07) is 10.1. The van der Waals surface area contributed by atoms with Gasteiger partial charge < -0.3 is 9.47 Å². The first kappa shape index (κ1) is 22.0. The van der Waals surface area contributed by atoms with Crippen LogP contribution >= 0.6 is 0 Å². The number of hydrogen-bond donors (Lipinski definition) is 0. The van der Waals surface area contributed by atoms with Crippen LogP contribution in [0.25, 0.3) is 0 Å². The number of aryl methyl sites for hydroxylation is 1. The van der Waals surface area contributed by atoms with Gasteiger partial charge in [0.2, 0.25) is 15.9 Å². The highest BCUT2D eigenvalue weighted by Crippen LogP contribution is 2.30. The van der Waals surface area contributed by atoms with Crippen LogP contribution in [0.4, 0.5) is 0 Å². The van der Waals surface area contributed by atoms with Gasteiger partial charge in [-0.1, -0.05) is 30.3 Å². The van der Waals surface area contributed by atoms with Crippen molar-refractivity contribution in [2.24, 2.45) is 0 Å². The van der Waals surface area contributed by atoms with Crippen molar-refractivity contribution >= 4 is 15.9 Å². The van der Waals surface area contributed by atoms with Crippen molar-refractivity contribution < 1.29 is 13.2 Å². The van der Waals surface area contributed by atoms with Gasteiger partial charge in [0.1, 0.15) is 5.82 Å². The number of carbonyl (C=O) groups is 1. The molecule has 0 radical (unpaired) electrons. The highest BCUT2D eigenvalue weighted by molar-refractivity contribution is 7.89. The van der Waals surface area contributed by atoms with Crippen molar-refractivity contribution in [1.29, 1.82) is 0 Å². The lowest BCUT2D eigenvalue weighted by atomic mass is 9.97. The first-order valence-electron chi connectivity index (χ1n) is 11.1. The maximum absolute atomic E-state index is 12.7. The molecule has 0 aliphatic carbocycles. The van der Waals surface area contributed by atoms with Crippen molar-refractivity contribution in [3.8, 4) is 0 Å². The molecular formula is C22H31N5O3S. The van der Waals surface area contributed by atoms with E-state index in [2.05, 4.69) is 14.8 Å². The summed E-state index contributed by atoms with van der Waals surface area (Å²) in [7, 11) is -3.21. The molecule has 168 valence electrons. The SMILES string of the molecule is CC(C)S(=O)(=O)N1CCC(c2nnc3n2CCN(C(=O)CCc2ccccc2)C3)CC1. The van der Waals surface area contributed by atoms with Gasteiger partial charge in [0.25, 0.3) is 0 Å². The Kier molecular flexibility index (Phi) is 6.43. The molecule has 1 aromatic carbocycles. The van der Waals surface area contributed by atoms with Gasteiger partial charge in [0.05, 0.1) is 11.8 Å². The van der Waals surface area contributed by atoms with E-state index in [1.54, 1.807) is 18.2 Å². The van der Waals surface area contributed by atoms with Crippen LogP contribution in [0.15, 0.2) is 30.3 Å². The van der Waals surface area contributed by atoms with Crippen LogP contribution < -0.4 is 0 Å². The molecule has 3 heterocycles. The average Bonchev–Trinajstić information content (AvgIpc) is 3.21. The van der Waals surface area contributed by atoms with Crippen LogP contribution in [0.5, 0.6) is 0 Å². The van der Waals surface area contributed by atoms with Crippen molar-refractivity contribution in [2.45, 2.75) is 63.8 Å². The molecule has 2 aliphatic rings. The van der Waals surface area contributed by atoms with E-state index in [0.717, 1.165) is 30.9 Å². The number of carbonyl (C=O) groups excluding carboxylic acids is 1. The highest BCUT2D eigenvalue weighted by Gasteiger charge is 2.34. The third kappa shape index (κ3) is 4.67. The van der Waals surface area contributed by atoms with E-state index >= 15 is 0 Å². The predicted molar refractivity (Wildman–Crippen MR) is 118 cm³/mol. The van der Waals surface area contributed by atoms with E-state index in [0.29, 0.717) is 39.1 Å². The zero-order valence-corrected chi connectivity index (χ0v) is 19.1. The van der Waals surface area contributed by atoms with Gasteiger partial charge in [-0.25, -0.2) is 12.7 Å². The van der Waals surface area contributed by atoms with Crippen molar-refractivity contribution in [3.05, 3.63) is 47.5 Å². The minimum atomic E-state index is -3.21. The molecule has 1 saturated heterocycles. The summed E-state index contributed by atoms with van der Waals surface area (Å²) in [6.07, 6.45) is 2.74. The van der Waals surface area contributed by atoms with E-state index in [1.807, 2.05) is 35.2 Å². The van der Waals surface area contributed by atoms with Gasteiger partial charge in [-0.05, 0) is 38.7 Å². The second kappa shape index (κ2) is 9.08. The van der Waals surface area contributed by atoms with Gasteiger partial charge in [0.15, 0.2) is 5.82 Å². The van der Waals surface area contributed by atoms with Crippen molar-refractivity contribution in [2.75, 3.05) is 19.6 Å². The molecule has 0 spiro atoms. The third-order valence-electron chi connectivity index (χ3n) is 6.38. The number of aromatic nitrogens is 3. The average molecular weight is 446 g/mol. The number of hydrogen-bond acceptors (Lipinski definition) is 5. The standard InChI is InChI=1S/C22H31N5O3S/c1-17(2)31(29,30)26-12-10-19(11-13-26)22-24-23-20-16-25(14-15-27(20)22)21(28)9-8-18-6-4-3-5-7-18/h3-7,17,19H,8-16H2,1-2H3. The zero-order chi connectivity index (χ0) is 22.0. The topological polar surface area (TPSA) is 88.4 Å². The maximum Gasteiger partial charge on any atom is 0.223 e. The number of rotatable bonds is 6. The zero-order valence-electron chi connectivity index (χ0n) is 18.3. The number of fused-ring (bicyclic) bond motifs is 1. The Morgan fingerprint density at radius 1 is 1.06 bits per heavy atom. The summed E-state index contributed by atoms with van der Waals surface area (Å²) in [4.78, 5) is 14.6. The lowest BCUT2D eigenvalue weighted by molar-refractivity contribution is -0.132. The normalized spacial score (nSPS) is 18.4. The number of amides is 1. The maximum atomic E-state index is 12.7. The first-order valence-corrected chi connectivity index (χ1v) is 12.6. The van der Waals surface area contributed by atoms with E-state index in [4.69, 9.17) is 0 Å². The Balaban J connectivity index is 1.35. The van der Waals surface area contributed by atoms with E-state index in [-0.39, 0.29) is 11.8 Å². The molecule has 0 unspecified atom stereocenters. The molecule has 2 aromatic rings. The van der Waals surface area contributed by atoms with Gasteiger partial charge >= 0.3 is 0 Å². The molecule has 1 aromatic heterocycles. The Hall–Kier alpha value is -2.26. The number of benzene rings is 1. The molecule has 0 N–H and O–H groups in total. The molecule has 31 heavy (non-hydrogen) atoms. The van der Waals surface area contributed by atoms with Gasteiger partial charge in [-0.15, -0.1) is 10.2 Å². The Bertz CT molecular complexity index is 1010. The molecule has 4 rings (SSSR count). The molecule has 2 aliphatic heterocycles. The predicted octanol–water partition coefficient (Wildman–Crippen LogP) is 2.17. The van der Waals surface area contributed by atoms with E-state index in [9.17, 15) is 13.2 Å². The summed E-state index contributed by atoms with van der Waals surface area (Å²) in [6.45, 7) is 6.34. The Labute approximate surface area is 184 Å². The molecule has 0 bridgehead atoms. The van der Waals surface area contributed by atoms with Gasteiger partial charge in [0, 0.05) is 38.5 Å². The number of piperidine rings is 1. The fourth-order valence-electron chi connectivity index (χ4n) is 4.42. The minimum absolute atomic E-state index is 0.145. The monoisotopic (exact) mass is 445 g/mol. The molecule has 1 amide bonds. The Morgan fingerprint density at radius 3 is 2.45 bits per heavy atom. The smallest absolute Gasteiger partial charge is 0.223 e. The molecule has 9 heteroatoms. The Morgan fingerprint density at radius 2 is 1.77 bits per heavy atom. The summed E-state index contributed by atoms with van der Waals surface area (Å²) in [5.41, 5.74) is 1.17. The van der Waals surface area contributed by atoms with Crippen LogP contribution in [0, 0.1) is 0 Å². The first-order chi connectivity index (χ1) is 14.9. The summed E-state index contributed by atoms with van der Waals surface area (Å²) < 4.78 is 28.6. The summed E-state index contributed by atoms with van der Waals surface area (Å²) in [5.74, 6) is 2.12. The van der Waals surface area contributed by atoms with E-state index in [1.165, 1.54) is 5.56 Å². The lowest BCUT2D eigenvalue weighted by Crippen LogP contribution is -2.42. The summed E-state index contributed by atoms with van der Waals surface area (Å²) in [5, 5.41) is 8.41. The fraction of sp³-hybridized carbons (Fsp3) is 0.591. The number of nitrogens with zero attached hydrogens (tertiary/aromatic N) is 5. The molecule has 0 saturated carbocycles. The summed E-state index contributed by atoms with van der Waals surface area (Å²) >= 11 is 0. The largest absolute Gasteiger partial charge is 0.333 e. The van der Waals surface area contributed by atoms with E-state index < -0.39 is 15.3 Å². The van der Waals surface area contributed by atoms with Crippen LogP contribution in [0.1, 0.15) is 56.2 Å². The van der Waals surface area contributed by atoms with Crippen LogP contribution in [0.3, 0.4) is 0 Å². The number of sulfonamides is 1. The highest BCUT2D eigenvalue weighted by atomic mass is 32.2.